The molecule has 5 atom stereocenters. The SMILES string of the molecule is CC1(C)C2CC3C(C(=O)O)CCCC3(C2)C1Br. The van der Waals surface area contributed by atoms with Gasteiger partial charge in [-0.1, -0.05) is 36.2 Å². The molecule has 17 heavy (non-hydrogen) atoms. The van der Waals surface area contributed by atoms with Gasteiger partial charge in [0.15, 0.2) is 0 Å². The van der Waals surface area contributed by atoms with Crippen molar-refractivity contribution in [1.29, 1.82) is 0 Å². The number of halogens is 1. The third kappa shape index (κ3) is 1.35. The molecule has 0 heterocycles. The topological polar surface area (TPSA) is 37.3 Å². The van der Waals surface area contributed by atoms with Crippen molar-refractivity contribution < 1.29 is 9.90 Å². The number of hydrogen-bond donors (Lipinski definition) is 1. The van der Waals surface area contributed by atoms with Crippen molar-refractivity contribution in [1.82, 2.24) is 0 Å². The zero-order chi connectivity index (χ0) is 12.4. The molecule has 2 nitrogen and oxygen atoms in total. The van der Waals surface area contributed by atoms with Gasteiger partial charge < -0.3 is 5.11 Å². The second-order valence-electron chi connectivity index (χ2n) is 7.00. The summed E-state index contributed by atoms with van der Waals surface area (Å²) in [4.78, 5) is 11.9. The van der Waals surface area contributed by atoms with E-state index in [1.165, 1.54) is 12.8 Å². The highest BCUT2D eigenvalue weighted by molar-refractivity contribution is 9.09. The van der Waals surface area contributed by atoms with Crippen LogP contribution in [0.3, 0.4) is 0 Å². The Labute approximate surface area is 111 Å². The zero-order valence-electron chi connectivity index (χ0n) is 10.6. The van der Waals surface area contributed by atoms with Crippen LogP contribution in [0.2, 0.25) is 0 Å². The molecule has 3 rings (SSSR count). The molecule has 3 fully saturated rings. The van der Waals surface area contributed by atoms with Crippen LogP contribution in [0.5, 0.6) is 0 Å². The third-order valence-corrected chi connectivity index (χ3v) is 8.17. The van der Waals surface area contributed by atoms with E-state index in [1.54, 1.807) is 0 Å². The average molecular weight is 301 g/mol. The van der Waals surface area contributed by atoms with E-state index in [4.69, 9.17) is 0 Å². The number of carboxylic acids is 1. The summed E-state index contributed by atoms with van der Waals surface area (Å²) in [6.07, 6.45) is 5.63. The summed E-state index contributed by atoms with van der Waals surface area (Å²) in [5, 5.41) is 9.41. The fourth-order valence-corrected chi connectivity index (χ4v) is 6.30. The largest absolute Gasteiger partial charge is 0.481 e. The van der Waals surface area contributed by atoms with Crippen LogP contribution in [0, 0.1) is 28.6 Å². The summed E-state index contributed by atoms with van der Waals surface area (Å²) in [6.45, 7) is 4.71. The summed E-state index contributed by atoms with van der Waals surface area (Å²) in [5.41, 5.74) is 0.631. The Balaban J connectivity index is 1.98. The van der Waals surface area contributed by atoms with Crippen molar-refractivity contribution >= 4 is 21.9 Å². The quantitative estimate of drug-likeness (QED) is 0.750. The van der Waals surface area contributed by atoms with Gasteiger partial charge in [-0.15, -0.1) is 0 Å². The summed E-state index contributed by atoms with van der Waals surface area (Å²) >= 11 is 3.93. The van der Waals surface area contributed by atoms with Gasteiger partial charge in [-0.2, -0.15) is 0 Å². The van der Waals surface area contributed by atoms with Gasteiger partial charge in [-0.25, -0.2) is 0 Å². The molecule has 0 aromatic heterocycles. The first kappa shape index (κ1) is 12.0. The molecule has 2 bridgehead atoms. The number of aliphatic carboxylic acids is 1. The van der Waals surface area contributed by atoms with E-state index in [2.05, 4.69) is 29.8 Å². The molecule has 0 saturated heterocycles. The van der Waals surface area contributed by atoms with Crippen molar-refractivity contribution in [2.45, 2.75) is 50.8 Å². The van der Waals surface area contributed by atoms with E-state index >= 15 is 0 Å². The molecule has 3 saturated carbocycles. The normalized spacial score (nSPS) is 51.2. The fraction of sp³-hybridized carbons (Fsp3) is 0.929. The van der Waals surface area contributed by atoms with Crippen LogP contribution in [-0.4, -0.2) is 15.9 Å². The van der Waals surface area contributed by atoms with E-state index < -0.39 is 5.97 Å². The second-order valence-corrected chi connectivity index (χ2v) is 7.91. The zero-order valence-corrected chi connectivity index (χ0v) is 12.2. The molecule has 5 unspecified atom stereocenters. The van der Waals surface area contributed by atoms with Gasteiger partial charge in [0.2, 0.25) is 0 Å². The van der Waals surface area contributed by atoms with Crippen molar-refractivity contribution in [3.63, 3.8) is 0 Å². The van der Waals surface area contributed by atoms with Gasteiger partial charge in [-0.3, -0.25) is 4.79 Å². The molecule has 0 amide bonds. The lowest BCUT2D eigenvalue weighted by molar-refractivity contribution is -0.148. The minimum atomic E-state index is -0.556. The predicted octanol–water partition coefficient (Wildman–Crippen LogP) is 3.69. The van der Waals surface area contributed by atoms with Gasteiger partial charge in [0.05, 0.1) is 5.92 Å². The van der Waals surface area contributed by atoms with Crippen molar-refractivity contribution in [3.8, 4) is 0 Å². The minimum Gasteiger partial charge on any atom is -0.481 e. The lowest BCUT2D eigenvalue weighted by Crippen LogP contribution is -2.49. The molecule has 96 valence electrons. The van der Waals surface area contributed by atoms with Gasteiger partial charge in [0, 0.05) is 4.83 Å². The predicted molar refractivity (Wildman–Crippen MR) is 70.1 cm³/mol. The summed E-state index contributed by atoms with van der Waals surface area (Å²) in [5.74, 6) is 0.511. The first-order valence-electron chi connectivity index (χ1n) is 6.76. The molecule has 0 radical (unpaired) electrons. The summed E-state index contributed by atoms with van der Waals surface area (Å²) in [7, 11) is 0. The number of hydrogen-bond acceptors (Lipinski definition) is 1. The smallest absolute Gasteiger partial charge is 0.306 e. The van der Waals surface area contributed by atoms with Crippen molar-refractivity contribution in [3.05, 3.63) is 0 Å². The Bertz CT molecular complexity index is 365. The Hall–Kier alpha value is -0.0500. The van der Waals surface area contributed by atoms with Crippen LogP contribution >= 0.6 is 15.9 Å². The third-order valence-electron chi connectivity index (χ3n) is 6.07. The van der Waals surface area contributed by atoms with E-state index in [0.717, 1.165) is 25.2 Å². The molecule has 3 heteroatoms. The van der Waals surface area contributed by atoms with Crippen LogP contribution in [0.4, 0.5) is 0 Å². The highest BCUT2D eigenvalue weighted by Gasteiger charge is 2.67. The van der Waals surface area contributed by atoms with Gasteiger partial charge in [0.1, 0.15) is 0 Å². The maximum atomic E-state index is 11.4. The minimum absolute atomic E-state index is 0.0788. The van der Waals surface area contributed by atoms with Crippen LogP contribution < -0.4 is 0 Å². The maximum Gasteiger partial charge on any atom is 0.306 e. The Kier molecular flexibility index (Phi) is 2.47. The van der Waals surface area contributed by atoms with Crippen LogP contribution in [0.1, 0.15) is 46.0 Å². The molecule has 0 aromatic rings. The van der Waals surface area contributed by atoms with Gasteiger partial charge in [-0.05, 0) is 48.3 Å². The van der Waals surface area contributed by atoms with Crippen LogP contribution in [-0.2, 0) is 4.79 Å². The van der Waals surface area contributed by atoms with E-state index in [-0.39, 0.29) is 11.3 Å². The lowest BCUT2D eigenvalue weighted by atomic mass is 9.57. The highest BCUT2D eigenvalue weighted by Crippen LogP contribution is 2.72. The van der Waals surface area contributed by atoms with Crippen molar-refractivity contribution in [2.75, 3.05) is 0 Å². The molecule has 1 spiro atoms. The van der Waals surface area contributed by atoms with Gasteiger partial charge in [0.25, 0.3) is 0 Å². The molecule has 0 aliphatic heterocycles. The maximum absolute atomic E-state index is 11.4. The number of carbonyl (C=O) groups is 1. The van der Waals surface area contributed by atoms with E-state index in [9.17, 15) is 9.90 Å². The molecule has 3 aliphatic rings. The van der Waals surface area contributed by atoms with Crippen molar-refractivity contribution in [2.24, 2.45) is 28.6 Å². The highest BCUT2D eigenvalue weighted by atomic mass is 79.9. The van der Waals surface area contributed by atoms with Crippen LogP contribution in [0.25, 0.3) is 0 Å². The average Bonchev–Trinajstić information content (AvgIpc) is 2.73. The Morgan fingerprint density at radius 2 is 2.12 bits per heavy atom. The lowest BCUT2D eigenvalue weighted by Gasteiger charge is -2.50. The number of alkyl halides is 1. The standard InChI is InChI=1S/C14H21BrO2/c1-13(2)8-6-10-9(11(16)17)4-3-5-14(10,7-8)12(13)15/h8-10,12H,3-7H2,1-2H3,(H,16,17). The molecule has 1 N–H and O–H groups in total. The molecular formula is C14H21BrO2. The van der Waals surface area contributed by atoms with Crippen LogP contribution in [0.15, 0.2) is 0 Å². The Morgan fingerprint density at radius 3 is 2.71 bits per heavy atom. The van der Waals surface area contributed by atoms with E-state index in [1.807, 2.05) is 0 Å². The molecule has 3 aliphatic carbocycles. The Morgan fingerprint density at radius 1 is 1.41 bits per heavy atom. The number of fused-ring (bicyclic) bond motifs is 1. The molecular weight excluding hydrogens is 280 g/mol. The van der Waals surface area contributed by atoms with E-state index in [0.29, 0.717) is 16.2 Å². The van der Waals surface area contributed by atoms with Gasteiger partial charge >= 0.3 is 5.97 Å². The summed E-state index contributed by atoms with van der Waals surface area (Å²) < 4.78 is 0. The molecule has 0 aromatic carbocycles. The second kappa shape index (κ2) is 3.49. The first-order chi connectivity index (χ1) is 7.89. The monoisotopic (exact) mass is 300 g/mol. The number of rotatable bonds is 1. The fourth-order valence-electron chi connectivity index (χ4n) is 5.17. The number of carboxylic acid groups (broad SMARTS) is 1. The first-order valence-corrected chi connectivity index (χ1v) is 7.68. The summed E-state index contributed by atoms with van der Waals surface area (Å²) in [6, 6.07) is 0.